The van der Waals surface area contributed by atoms with Crippen LogP contribution in [0.3, 0.4) is 0 Å². The Balaban J connectivity index is 2.79. The number of hydrogen-bond donors (Lipinski definition) is 2. The molecule has 0 fully saturated rings. The van der Waals surface area contributed by atoms with Crippen molar-refractivity contribution < 1.29 is 5.11 Å². The summed E-state index contributed by atoms with van der Waals surface area (Å²) in [6, 6.07) is 2.35. The highest BCUT2D eigenvalue weighted by atomic mass is 16.3. The second-order valence-corrected chi connectivity index (χ2v) is 4.61. The maximum atomic E-state index is 8.85. The fourth-order valence-corrected chi connectivity index (χ4v) is 1.60. The molecule has 5 nitrogen and oxygen atoms in total. The lowest BCUT2D eigenvalue weighted by Crippen LogP contribution is -2.22. The molecule has 2 N–H and O–H groups in total. The Morgan fingerprint density at radius 1 is 1.44 bits per heavy atom. The van der Waals surface area contributed by atoms with Gasteiger partial charge in [0.25, 0.3) is 0 Å². The highest BCUT2D eigenvalue weighted by Gasteiger charge is 2.07. The number of anilines is 2. The van der Waals surface area contributed by atoms with E-state index in [2.05, 4.69) is 29.1 Å². The molecule has 1 aromatic rings. The number of hydrogen-bond acceptors (Lipinski definition) is 5. The molecule has 1 aromatic heterocycles. The van der Waals surface area contributed by atoms with E-state index in [-0.39, 0.29) is 6.61 Å². The number of aliphatic hydroxyl groups is 1. The van der Waals surface area contributed by atoms with Crippen molar-refractivity contribution in [2.75, 3.05) is 30.4 Å². The molecule has 0 amide bonds. The topological polar surface area (TPSA) is 61.3 Å². The van der Waals surface area contributed by atoms with Gasteiger partial charge in [-0.1, -0.05) is 6.92 Å². The van der Waals surface area contributed by atoms with Crippen molar-refractivity contribution in [3.05, 3.63) is 11.9 Å². The first-order chi connectivity index (χ1) is 8.56. The molecule has 1 atom stereocenters. The first-order valence-corrected chi connectivity index (χ1v) is 6.51. The third kappa shape index (κ3) is 4.49. The lowest BCUT2D eigenvalue weighted by Gasteiger charge is -2.20. The first kappa shape index (κ1) is 14.7. The quantitative estimate of drug-likeness (QED) is 0.775. The van der Waals surface area contributed by atoms with Crippen LogP contribution in [0.4, 0.5) is 11.6 Å². The second-order valence-electron chi connectivity index (χ2n) is 4.61. The van der Waals surface area contributed by atoms with Crippen molar-refractivity contribution in [3.8, 4) is 0 Å². The van der Waals surface area contributed by atoms with Gasteiger partial charge in [-0.25, -0.2) is 9.97 Å². The van der Waals surface area contributed by atoms with Crippen LogP contribution in [0.25, 0.3) is 0 Å². The summed E-state index contributed by atoms with van der Waals surface area (Å²) in [4.78, 5) is 10.8. The Hall–Kier alpha value is -1.36. The van der Waals surface area contributed by atoms with Crippen molar-refractivity contribution in [2.45, 2.75) is 39.7 Å². The van der Waals surface area contributed by atoms with Gasteiger partial charge in [-0.3, -0.25) is 0 Å². The molecule has 18 heavy (non-hydrogen) atoms. The third-order valence-corrected chi connectivity index (χ3v) is 2.87. The van der Waals surface area contributed by atoms with Gasteiger partial charge in [-0.05, 0) is 26.7 Å². The number of aromatic nitrogens is 2. The summed E-state index contributed by atoms with van der Waals surface area (Å²) in [5.41, 5.74) is 0. The van der Waals surface area contributed by atoms with Gasteiger partial charge >= 0.3 is 0 Å². The van der Waals surface area contributed by atoms with Gasteiger partial charge < -0.3 is 15.3 Å². The van der Waals surface area contributed by atoms with E-state index in [0.717, 1.165) is 36.8 Å². The van der Waals surface area contributed by atoms with Crippen molar-refractivity contribution in [1.82, 2.24) is 9.97 Å². The van der Waals surface area contributed by atoms with E-state index in [1.54, 1.807) is 0 Å². The summed E-state index contributed by atoms with van der Waals surface area (Å²) >= 11 is 0. The molecule has 0 aliphatic carbocycles. The predicted octanol–water partition coefficient (Wildman–Crippen LogP) is 1.81. The van der Waals surface area contributed by atoms with E-state index in [1.165, 1.54) is 0 Å². The molecule has 0 bridgehead atoms. The van der Waals surface area contributed by atoms with Crippen LogP contribution in [0, 0.1) is 6.92 Å². The maximum Gasteiger partial charge on any atom is 0.134 e. The van der Waals surface area contributed by atoms with Gasteiger partial charge in [-0.2, -0.15) is 0 Å². The molecule has 0 aliphatic rings. The van der Waals surface area contributed by atoms with E-state index in [1.807, 2.05) is 24.9 Å². The van der Waals surface area contributed by atoms with E-state index >= 15 is 0 Å². The Kier molecular flexibility index (Phi) is 5.85. The Bertz CT molecular complexity index is 370. The average Bonchev–Trinajstić information content (AvgIpc) is 2.34. The SMILES string of the molecule is CCC(C)Nc1cc(N(C)CCCO)nc(C)n1. The third-order valence-electron chi connectivity index (χ3n) is 2.87. The van der Waals surface area contributed by atoms with E-state index < -0.39 is 0 Å². The summed E-state index contributed by atoms with van der Waals surface area (Å²) in [5.74, 6) is 2.51. The monoisotopic (exact) mass is 252 g/mol. The normalized spacial score (nSPS) is 12.3. The fourth-order valence-electron chi connectivity index (χ4n) is 1.60. The van der Waals surface area contributed by atoms with Crippen LogP contribution in [0.1, 0.15) is 32.5 Å². The van der Waals surface area contributed by atoms with Crippen LogP contribution in [0.2, 0.25) is 0 Å². The molecule has 102 valence electrons. The Labute approximate surface area is 109 Å². The fraction of sp³-hybridized carbons (Fsp3) is 0.692. The molecular formula is C13H24N4O. The molecule has 0 radical (unpaired) electrons. The van der Waals surface area contributed by atoms with Gasteiger partial charge in [0.15, 0.2) is 0 Å². The minimum absolute atomic E-state index is 0.201. The lowest BCUT2D eigenvalue weighted by molar-refractivity contribution is 0.290. The van der Waals surface area contributed by atoms with Gasteiger partial charge in [-0.15, -0.1) is 0 Å². The van der Waals surface area contributed by atoms with Crippen LogP contribution in [0.15, 0.2) is 6.07 Å². The molecule has 1 heterocycles. The number of aliphatic hydroxyl groups excluding tert-OH is 1. The zero-order chi connectivity index (χ0) is 13.5. The van der Waals surface area contributed by atoms with Crippen molar-refractivity contribution in [1.29, 1.82) is 0 Å². The van der Waals surface area contributed by atoms with Crippen LogP contribution < -0.4 is 10.2 Å². The molecule has 0 saturated heterocycles. The summed E-state index contributed by atoms with van der Waals surface area (Å²) in [7, 11) is 1.98. The largest absolute Gasteiger partial charge is 0.396 e. The smallest absolute Gasteiger partial charge is 0.134 e. The predicted molar refractivity (Wildman–Crippen MR) is 75.1 cm³/mol. The van der Waals surface area contributed by atoms with Gasteiger partial charge in [0.1, 0.15) is 17.5 Å². The number of nitrogens with one attached hydrogen (secondary N) is 1. The zero-order valence-electron chi connectivity index (χ0n) is 11.8. The Morgan fingerprint density at radius 2 is 2.17 bits per heavy atom. The van der Waals surface area contributed by atoms with Crippen LogP contribution in [0.5, 0.6) is 0 Å². The number of nitrogens with zero attached hydrogens (tertiary/aromatic N) is 3. The van der Waals surface area contributed by atoms with Crippen molar-refractivity contribution in [3.63, 3.8) is 0 Å². The van der Waals surface area contributed by atoms with Crippen molar-refractivity contribution in [2.24, 2.45) is 0 Å². The van der Waals surface area contributed by atoms with Gasteiger partial charge in [0.2, 0.25) is 0 Å². The standard InChI is InChI=1S/C13H24N4O/c1-5-10(2)14-12-9-13(16-11(3)15-12)17(4)7-6-8-18/h9-10,18H,5-8H2,1-4H3,(H,14,15,16). The van der Waals surface area contributed by atoms with Gasteiger partial charge in [0.05, 0.1) is 0 Å². The van der Waals surface area contributed by atoms with Gasteiger partial charge in [0, 0.05) is 32.3 Å². The molecule has 1 unspecified atom stereocenters. The van der Waals surface area contributed by atoms with Crippen LogP contribution >= 0.6 is 0 Å². The first-order valence-electron chi connectivity index (χ1n) is 6.51. The van der Waals surface area contributed by atoms with E-state index in [0.29, 0.717) is 6.04 Å². The molecule has 0 saturated carbocycles. The van der Waals surface area contributed by atoms with E-state index in [9.17, 15) is 0 Å². The molecular weight excluding hydrogens is 228 g/mol. The van der Waals surface area contributed by atoms with Crippen LogP contribution in [-0.4, -0.2) is 41.3 Å². The van der Waals surface area contributed by atoms with Crippen molar-refractivity contribution >= 4 is 11.6 Å². The molecule has 0 aliphatic heterocycles. The summed E-state index contributed by atoms with van der Waals surface area (Å²) in [5, 5.41) is 12.2. The minimum Gasteiger partial charge on any atom is -0.396 e. The highest BCUT2D eigenvalue weighted by molar-refractivity contribution is 5.49. The second kappa shape index (κ2) is 7.16. The van der Waals surface area contributed by atoms with E-state index in [4.69, 9.17) is 5.11 Å². The maximum absolute atomic E-state index is 8.85. The average molecular weight is 252 g/mol. The molecule has 1 rings (SSSR count). The lowest BCUT2D eigenvalue weighted by atomic mass is 10.2. The van der Waals surface area contributed by atoms with Crippen LogP contribution in [-0.2, 0) is 0 Å². The minimum atomic E-state index is 0.201. The highest BCUT2D eigenvalue weighted by Crippen LogP contribution is 2.16. The molecule has 0 aromatic carbocycles. The summed E-state index contributed by atoms with van der Waals surface area (Å²) in [6.07, 6.45) is 1.80. The summed E-state index contributed by atoms with van der Waals surface area (Å²) < 4.78 is 0. The zero-order valence-corrected chi connectivity index (χ0v) is 11.8. The molecule has 5 heteroatoms. The summed E-state index contributed by atoms with van der Waals surface area (Å²) in [6.45, 7) is 7.15. The Morgan fingerprint density at radius 3 is 2.78 bits per heavy atom. The number of aryl methyl sites for hydroxylation is 1. The molecule has 0 spiro atoms. The number of rotatable bonds is 7.